The Hall–Kier alpha value is -0.160. The van der Waals surface area contributed by atoms with Crippen LogP contribution in [0.25, 0.3) is 0 Å². The lowest BCUT2D eigenvalue weighted by Crippen LogP contribution is -2.69. The van der Waals surface area contributed by atoms with Gasteiger partial charge in [0.25, 0.3) is 0 Å². The molecule has 3 N–H and O–H groups in total. The maximum absolute atomic E-state index is 11.2. The van der Waals surface area contributed by atoms with Crippen molar-refractivity contribution in [1.29, 1.82) is 0 Å². The Balaban J connectivity index is 1.97. The van der Waals surface area contributed by atoms with Gasteiger partial charge < -0.3 is 20.1 Å². The normalized spacial score (nSPS) is 52.2. The Kier molecular flexibility index (Phi) is 4.40. The summed E-state index contributed by atoms with van der Waals surface area (Å²) in [4.78, 5) is 0. The van der Waals surface area contributed by atoms with Crippen molar-refractivity contribution in [3.05, 3.63) is 0 Å². The lowest BCUT2D eigenvalue weighted by Gasteiger charge is -2.66. The van der Waals surface area contributed by atoms with Crippen molar-refractivity contribution in [1.82, 2.24) is 0 Å². The van der Waals surface area contributed by atoms with Crippen LogP contribution in [0.5, 0.6) is 0 Å². The summed E-state index contributed by atoms with van der Waals surface area (Å²) >= 11 is 0. The van der Waals surface area contributed by atoms with E-state index in [1.165, 1.54) is 12.8 Å². The van der Waals surface area contributed by atoms with Gasteiger partial charge in [-0.15, -0.1) is 0 Å². The van der Waals surface area contributed by atoms with E-state index in [0.717, 1.165) is 19.3 Å². The van der Waals surface area contributed by atoms with E-state index in [1.807, 2.05) is 6.92 Å². The van der Waals surface area contributed by atoms with Crippen LogP contribution < -0.4 is 0 Å². The lowest BCUT2D eigenvalue weighted by atomic mass is 9.44. The number of fused-ring (bicyclic) bond motifs is 3. The van der Waals surface area contributed by atoms with Gasteiger partial charge in [0.1, 0.15) is 6.10 Å². The molecule has 4 nitrogen and oxygen atoms in total. The molecule has 0 aromatic rings. The van der Waals surface area contributed by atoms with Gasteiger partial charge in [0.05, 0.1) is 23.9 Å². The maximum Gasteiger partial charge on any atom is 0.106 e. The van der Waals surface area contributed by atoms with E-state index in [9.17, 15) is 15.3 Å². The number of aliphatic hydroxyl groups is 3. The highest BCUT2D eigenvalue weighted by Crippen LogP contribution is 2.65. The summed E-state index contributed by atoms with van der Waals surface area (Å²) in [5, 5.41) is 30.8. The summed E-state index contributed by atoms with van der Waals surface area (Å²) in [6, 6.07) is 0. The van der Waals surface area contributed by atoms with Gasteiger partial charge in [-0.2, -0.15) is 0 Å². The quantitative estimate of drug-likeness (QED) is 0.723. The third kappa shape index (κ3) is 2.56. The fourth-order valence-electron chi connectivity index (χ4n) is 7.01. The largest absolute Gasteiger partial charge is 0.394 e. The van der Waals surface area contributed by atoms with Crippen LogP contribution in [0.1, 0.15) is 73.1 Å². The number of hydrogen-bond acceptors (Lipinski definition) is 4. The molecule has 24 heavy (non-hydrogen) atoms. The van der Waals surface area contributed by atoms with Gasteiger partial charge in [-0.1, -0.05) is 27.2 Å². The van der Waals surface area contributed by atoms with Crippen molar-refractivity contribution in [2.75, 3.05) is 6.61 Å². The SMILES string of the molecule is CC1(C)CCC[C@]2(C)[C@H]3[C@H](O)C[C@@](C)(C(O)CO)O[C@]3(C)CC[C@@H]12. The molecule has 1 heterocycles. The lowest BCUT2D eigenvalue weighted by molar-refractivity contribution is -0.314. The monoisotopic (exact) mass is 340 g/mol. The highest BCUT2D eigenvalue weighted by atomic mass is 16.5. The summed E-state index contributed by atoms with van der Waals surface area (Å²) in [6.07, 6.45) is 4.54. The Labute approximate surface area is 146 Å². The molecule has 3 aliphatic rings. The average Bonchev–Trinajstić information content (AvgIpc) is 2.43. The second kappa shape index (κ2) is 5.67. The van der Waals surface area contributed by atoms with Crippen molar-refractivity contribution < 1.29 is 20.1 Å². The summed E-state index contributed by atoms with van der Waals surface area (Å²) in [5.74, 6) is 0.685. The number of ether oxygens (including phenoxy) is 1. The van der Waals surface area contributed by atoms with Crippen LogP contribution >= 0.6 is 0 Å². The van der Waals surface area contributed by atoms with Gasteiger partial charge in [0.2, 0.25) is 0 Å². The molecule has 2 saturated carbocycles. The molecule has 4 heteroatoms. The summed E-state index contributed by atoms with van der Waals surface area (Å²) in [7, 11) is 0. The average molecular weight is 341 g/mol. The third-order valence-corrected chi connectivity index (χ3v) is 7.92. The van der Waals surface area contributed by atoms with Crippen LogP contribution in [0.4, 0.5) is 0 Å². The Bertz CT molecular complexity index is 492. The Morgan fingerprint density at radius 2 is 1.75 bits per heavy atom. The van der Waals surface area contributed by atoms with Crippen molar-refractivity contribution in [3.8, 4) is 0 Å². The van der Waals surface area contributed by atoms with E-state index >= 15 is 0 Å². The first-order valence-corrected chi connectivity index (χ1v) is 9.66. The highest BCUT2D eigenvalue weighted by Gasteiger charge is 2.65. The van der Waals surface area contributed by atoms with Crippen molar-refractivity contribution >= 4 is 0 Å². The summed E-state index contributed by atoms with van der Waals surface area (Å²) < 4.78 is 6.50. The molecule has 1 aliphatic heterocycles. The number of aliphatic hydroxyl groups excluding tert-OH is 3. The summed E-state index contributed by atoms with van der Waals surface area (Å²) in [6.45, 7) is 10.7. The molecule has 0 radical (unpaired) electrons. The van der Waals surface area contributed by atoms with Crippen LogP contribution in [-0.4, -0.2) is 45.3 Å². The zero-order chi connectivity index (χ0) is 18.0. The van der Waals surface area contributed by atoms with Gasteiger partial charge >= 0.3 is 0 Å². The van der Waals surface area contributed by atoms with Crippen molar-refractivity contribution in [2.24, 2.45) is 22.7 Å². The molecule has 140 valence electrons. The second-order valence-corrected chi connectivity index (χ2v) is 10.1. The van der Waals surface area contributed by atoms with Crippen LogP contribution in [0, 0.1) is 22.7 Å². The molecule has 0 amide bonds. The Morgan fingerprint density at radius 3 is 2.38 bits per heavy atom. The van der Waals surface area contributed by atoms with E-state index in [-0.39, 0.29) is 17.9 Å². The molecule has 0 spiro atoms. The van der Waals surface area contributed by atoms with Crippen molar-refractivity contribution in [2.45, 2.75) is 96.6 Å². The standard InChI is InChI=1S/C20H36O4/c1-17(2)8-6-9-18(3)14(17)7-10-19(4)16(18)13(22)11-20(5,24-19)15(23)12-21/h13-16,21-23H,6-12H2,1-5H3/t13-,14+,15?,16-,18+,19-,20+/m1/s1. The van der Waals surface area contributed by atoms with Gasteiger partial charge in [-0.25, -0.2) is 0 Å². The van der Waals surface area contributed by atoms with Crippen molar-refractivity contribution in [3.63, 3.8) is 0 Å². The van der Waals surface area contributed by atoms with E-state index in [0.29, 0.717) is 17.8 Å². The predicted octanol–water partition coefficient (Wildman–Crippen LogP) is 2.88. The van der Waals surface area contributed by atoms with Crippen LogP contribution in [0.2, 0.25) is 0 Å². The van der Waals surface area contributed by atoms with E-state index in [2.05, 4.69) is 27.7 Å². The number of rotatable bonds is 2. The van der Waals surface area contributed by atoms with Gasteiger partial charge in [0.15, 0.2) is 0 Å². The minimum absolute atomic E-state index is 0.0691. The molecular weight excluding hydrogens is 304 g/mol. The van der Waals surface area contributed by atoms with Crippen LogP contribution in [0.3, 0.4) is 0 Å². The van der Waals surface area contributed by atoms with Gasteiger partial charge in [-0.3, -0.25) is 0 Å². The molecule has 0 aromatic heterocycles. The first-order chi connectivity index (χ1) is 11.0. The molecule has 1 saturated heterocycles. The minimum Gasteiger partial charge on any atom is -0.394 e. The predicted molar refractivity (Wildman–Crippen MR) is 93.6 cm³/mol. The zero-order valence-corrected chi connectivity index (χ0v) is 16.0. The highest BCUT2D eigenvalue weighted by molar-refractivity contribution is 5.13. The second-order valence-electron chi connectivity index (χ2n) is 10.1. The molecule has 1 unspecified atom stereocenters. The number of hydrogen-bond donors (Lipinski definition) is 3. The molecule has 2 aliphatic carbocycles. The first-order valence-electron chi connectivity index (χ1n) is 9.66. The fourth-order valence-corrected chi connectivity index (χ4v) is 7.01. The molecule has 7 atom stereocenters. The minimum atomic E-state index is -0.960. The fraction of sp³-hybridized carbons (Fsp3) is 1.00. The molecular formula is C20H36O4. The smallest absolute Gasteiger partial charge is 0.106 e. The van der Waals surface area contributed by atoms with Crippen LogP contribution in [-0.2, 0) is 4.74 Å². The Morgan fingerprint density at radius 1 is 1.08 bits per heavy atom. The van der Waals surface area contributed by atoms with E-state index < -0.39 is 23.4 Å². The third-order valence-electron chi connectivity index (χ3n) is 7.92. The van der Waals surface area contributed by atoms with Crippen LogP contribution in [0.15, 0.2) is 0 Å². The summed E-state index contributed by atoms with van der Waals surface area (Å²) in [5.41, 5.74) is -0.951. The maximum atomic E-state index is 11.2. The van der Waals surface area contributed by atoms with Gasteiger partial charge in [0, 0.05) is 12.3 Å². The molecule has 3 rings (SSSR count). The van der Waals surface area contributed by atoms with Gasteiger partial charge in [-0.05, 0) is 56.3 Å². The van der Waals surface area contributed by atoms with E-state index in [4.69, 9.17) is 4.74 Å². The topological polar surface area (TPSA) is 69.9 Å². The molecule has 0 aromatic carbocycles. The first kappa shape index (κ1) is 18.6. The molecule has 3 fully saturated rings. The zero-order valence-electron chi connectivity index (χ0n) is 16.0. The van der Waals surface area contributed by atoms with E-state index in [1.54, 1.807) is 0 Å². The molecule has 0 bridgehead atoms.